The van der Waals surface area contributed by atoms with Crippen molar-refractivity contribution in [2.45, 2.75) is 25.2 Å². The molecule has 1 atom stereocenters. The fourth-order valence-corrected chi connectivity index (χ4v) is 3.47. The summed E-state index contributed by atoms with van der Waals surface area (Å²) >= 11 is 6.07. The van der Waals surface area contributed by atoms with Gasteiger partial charge in [-0.25, -0.2) is 0 Å². The first kappa shape index (κ1) is 12.8. The van der Waals surface area contributed by atoms with Gasteiger partial charge in [0.15, 0.2) is 0 Å². The third-order valence-electron chi connectivity index (χ3n) is 4.42. The Morgan fingerprint density at radius 1 is 1.00 bits per heavy atom. The van der Waals surface area contributed by atoms with Crippen molar-refractivity contribution >= 4 is 22.5 Å². The van der Waals surface area contributed by atoms with Gasteiger partial charge in [-0.1, -0.05) is 48.0 Å². The predicted octanol–water partition coefficient (Wildman–Crippen LogP) is 5.16. The van der Waals surface area contributed by atoms with Crippen molar-refractivity contribution in [1.29, 1.82) is 0 Å². The first-order valence-electron chi connectivity index (χ1n) is 7.42. The number of hydrogen-bond acceptors (Lipinski definition) is 1. The Bertz CT molecular complexity index is 795. The number of fused-ring (bicyclic) bond motifs is 2. The van der Waals surface area contributed by atoms with E-state index in [4.69, 9.17) is 16.6 Å². The van der Waals surface area contributed by atoms with Crippen LogP contribution in [0.15, 0.2) is 54.6 Å². The van der Waals surface area contributed by atoms with Gasteiger partial charge in [-0.3, -0.25) is 4.98 Å². The van der Waals surface area contributed by atoms with Gasteiger partial charge in [0.25, 0.3) is 0 Å². The largest absolute Gasteiger partial charge is 0.253 e. The van der Waals surface area contributed by atoms with E-state index in [-0.39, 0.29) is 0 Å². The predicted molar refractivity (Wildman–Crippen MR) is 88.0 cm³/mol. The van der Waals surface area contributed by atoms with Crippen molar-refractivity contribution in [3.63, 3.8) is 0 Å². The van der Waals surface area contributed by atoms with E-state index < -0.39 is 0 Å². The van der Waals surface area contributed by atoms with Gasteiger partial charge >= 0.3 is 0 Å². The van der Waals surface area contributed by atoms with Gasteiger partial charge in [0.1, 0.15) is 0 Å². The van der Waals surface area contributed by atoms with E-state index in [1.807, 2.05) is 12.1 Å². The lowest BCUT2D eigenvalue weighted by atomic mass is 9.82. The monoisotopic (exact) mass is 293 g/mol. The minimum atomic E-state index is 0.616. The normalized spacial score (nSPS) is 17.7. The smallest absolute Gasteiger partial charge is 0.0720 e. The molecule has 104 valence electrons. The number of benzene rings is 2. The molecule has 1 aliphatic carbocycles. The molecule has 21 heavy (non-hydrogen) atoms. The van der Waals surface area contributed by atoms with Crippen LogP contribution in [-0.2, 0) is 12.8 Å². The van der Waals surface area contributed by atoms with Crippen molar-refractivity contribution in [3.8, 4) is 0 Å². The standard InChI is InChI=1S/C19H16ClN/c20-17-8-6-15-11-16-10-14(13-4-2-1-3-5-13)7-9-18(16)21-19(15)12-17/h1-6,8,11-12,14H,7,9-10H2/t14-/m1/s1. The average Bonchev–Trinajstić information content (AvgIpc) is 2.53. The summed E-state index contributed by atoms with van der Waals surface area (Å²) in [5, 5.41) is 1.94. The van der Waals surface area contributed by atoms with Gasteiger partial charge < -0.3 is 0 Å². The molecule has 2 aromatic carbocycles. The lowest BCUT2D eigenvalue weighted by molar-refractivity contribution is 0.576. The Labute approximate surface area is 129 Å². The van der Waals surface area contributed by atoms with Crippen LogP contribution in [0.5, 0.6) is 0 Å². The number of pyridine rings is 1. The molecule has 1 aliphatic rings. The fourth-order valence-electron chi connectivity index (χ4n) is 3.31. The molecule has 1 nitrogen and oxygen atoms in total. The Kier molecular flexibility index (Phi) is 3.16. The first-order valence-corrected chi connectivity index (χ1v) is 7.80. The molecular formula is C19H16ClN. The molecule has 4 rings (SSSR count). The first-order chi connectivity index (χ1) is 10.3. The summed E-state index contributed by atoms with van der Waals surface area (Å²) in [7, 11) is 0. The molecule has 1 heterocycles. The highest BCUT2D eigenvalue weighted by atomic mass is 35.5. The summed E-state index contributed by atoms with van der Waals surface area (Å²) in [5.41, 5.74) is 5.10. The molecule has 0 saturated carbocycles. The molecule has 0 radical (unpaired) electrons. The van der Waals surface area contributed by atoms with Gasteiger partial charge in [0.05, 0.1) is 5.52 Å². The fraction of sp³-hybridized carbons (Fsp3) is 0.211. The van der Waals surface area contributed by atoms with Gasteiger partial charge in [0.2, 0.25) is 0 Å². The average molecular weight is 294 g/mol. The minimum absolute atomic E-state index is 0.616. The van der Waals surface area contributed by atoms with Crippen LogP contribution >= 0.6 is 11.6 Å². The van der Waals surface area contributed by atoms with Crippen LogP contribution < -0.4 is 0 Å². The van der Waals surface area contributed by atoms with Crippen molar-refractivity contribution in [2.24, 2.45) is 0 Å². The van der Waals surface area contributed by atoms with E-state index in [2.05, 4.69) is 42.5 Å². The summed E-state index contributed by atoms with van der Waals surface area (Å²) in [6, 6.07) is 19.1. The van der Waals surface area contributed by atoms with Crippen molar-refractivity contribution in [3.05, 3.63) is 76.4 Å². The summed E-state index contributed by atoms with van der Waals surface area (Å²) in [5.74, 6) is 0.616. The van der Waals surface area contributed by atoms with Crippen LogP contribution in [0.2, 0.25) is 5.02 Å². The van der Waals surface area contributed by atoms with Gasteiger partial charge in [-0.15, -0.1) is 0 Å². The van der Waals surface area contributed by atoms with Gasteiger partial charge in [0, 0.05) is 16.1 Å². The second-order valence-electron chi connectivity index (χ2n) is 5.78. The van der Waals surface area contributed by atoms with Crippen molar-refractivity contribution in [1.82, 2.24) is 4.98 Å². The van der Waals surface area contributed by atoms with Crippen molar-refractivity contribution < 1.29 is 0 Å². The third-order valence-corrected chi connectivity index (χ3v) is 4.65. The summed E-state index contributed by atoms with van der Waals surface area (Å²) < 4.78 is 0. The van der Waals surface area contributed by atoms with Crippen molar-refractivity contribution in [2.75, 3.05) is 0 Å². The quantitative estimate of drug-likeness (QED) is 0.604. The maximum absolute atomic E-state index is 6.07. The third kappa shape index (κ3) is 2.43. The maximum atomic E-state index is 6.07. The maximum Gasteiger partial charge on any atom is 0.0720 e. The summed E-state index contributed by atoms with van der Waals surface area (Å²) in [4.78, 5) is 4.82. The zero-order valence-electron chi connectivity index (χ0n) is 11.7. The molecular weight excluding hydrogens is 278 g/mol. The number of rotatable bonds is 1. The zero-order chi connectivity index (χ0) is 14.2. The molecule has 0 aliphatic heterocycles. The van der Waals surface area contributed by atoms with E-state index >= 15 is 0 Å². The van der Waals surface area contributed by atoms with Gasteiger partial charge in [-0.2, -0.15) is 0 Å². The molecule has 0 amide bonds. The number of aromatic nitrogens is 1. The van der Waals surface area contributed by atoms with Gasteiger partial charge in [-0.05, 0) is 54.5 Å². The Balaban J connectivity index is 1.73. The van der Waals surface area contributed by atoms with E-state index in [1.165, 1.54) is 28.6 Å². The Morgan fingerprint density at radius 3 is 2.71 bits per heavy atom. The number of halogens is 1. The minimum Gasteiger partial charge on any atom is -0.253 e. The van der Waals surface area contributed by atoms with E-state index in [9.17, 15) is 0 Å². The molecule has 0 spiro atoms. The highest BCUT2D eigenvalue weighted by Gasteiger charge is 2.21. The topological polar surface area (TPSA) is 12.9 Å². The molecule has 0 bridgehead atoms. The summed E-state index contributed by atoms with van der Waals surface area (Å²) in [6.07, 6.45) is 3.32. The molecule has 2 heteroatoms. The highest BCUT2D eigenvalue weighted by molar-refractivity contribution is 6.31. The van der Waals surface area contributed by atoms with Crippen LogP contribution in [0, 0.1) is 0 Å². The highest BCUT2D eigenvalue weighted by Crippen LogP contribution is 2.33. The van der Waals surface area contributed by atoms with Crippen LogP contribution in [-0.4, -0.2) is 4.98 Å². The van der Waals surface area contributed by atoms with Crippen LogP contribution in [0.4, 0.5) is 0 Å². The van der Waals surface area contributed by atoms with E-state index in [1.54, 1.807) is 0 Å². The lowest BCUT2D eigenvalue weighted by Gasteiger charge is -2.24. The molecule has 3 aromatic rings. The van der Waals surface area contributed by atoms with E-state index in [0.717, 1.165) is 23.4 Å². The number of aryl methyl sites for hydroxylation is 1. The SMILES string of the molecule is Clc1ccc2cc3c(nc2c1)CC[C@@H](c1ccccc1)C3. The summed E-state index contributed by atoms with van der Waals surface area (Å²) in [6.45, 7) is 0. The van der Waals surface area contributed by atoms with Crippen LogP contribution in [0.1, 0.15) is 29.2 Å². The zero-order valence-corrected chi connectivity index (χ0v) is 12.5. The molecule has 0 N–H and O–H groups in total. The second-order valence-corrected chi connectivity index (χ2v) is 6.22. The lowest BCUT2D eigenvalue weighted by Crippen LogP contribution is -2.14. The van der Waals surface area contributed by atoms with E-state index in [0.29, 0.717) is 5.92 Å². The molecule has 0 fully saturated rings. The van der Waals surface area contributed by atoms with Crippen LogP contribution in [0.3, 0.4) is 0 Å². The molecule has 0 unspecified atom stereocenters. The molecule has 0 saturated heterocycles. The number of hydrogen-bond donors (Lipinski definition) is 0. The second kappa shape index (κ2) is 5.16. The van der Waals surface area contributed by atoms with Crippen LogP contribution in [0.25, 0.3) is 10.9 Å². The number of nitrogens with zero attached hydrogens (tertiary/aromatic N) is 1. The molecule has 1 aromatic heterocycles. The Morgan fingerprint density at radius 2 is 1.86 bits per heavy atom. The Hall–Kier alpha value is -1.86.